The topological polar surface area (TPSA) is 122 Å². The number of rotatable bonds is 11. The minimum Gasteiger partial charge on any atom is -0.493 e. The molecule has 4 atom stereocenters. The van der Waals surface area contributed by atoms with Gasteiger partial charge in [0.1, 0.15) is 17.9 Å². The molecule has 16 heteroatoms. The van der Waals surface area contributed by atoms with Gasteiger partial charge in [0.25, 0.3) is 5.91 Å². The number of amides is 1. The third-order valence-corrected chi connectivity index (χ3v) is 8.34. The number of hydrogen-bond donors (Lipinski definition) is 1. The van der Waals surface area contributed by atoms with E-state index in [0.29, 0.717) is 30.4 Å². The number of nitrogens with one attached hydrogen (secondary N) is 1. The van der Waals surface area contributed by atoms with Crippen molar-refractivity contribution in [1.29, 1.82) is 0 Å². The summed E-state index contributed by atoms with van der Waals surface area (Å²) in [5.74, 6) is -3.31. The van der Waals surface area contributed by atoms with E-state index in [1.54, 1.807) is 6.92 Å². The Balaban J connectivity index is 1.58. The van der Waals surface area contributed by atoms with Crippen molar-refractivity contribution in [3.8, 4) is 17.2 Å². The van der Waals surface area contributed by atoms with Gasteiger partial charge in [-0.1, -0.05) is 30.7 Å². The van der Waals surface area contributed by atoms with Crippen molar-refractivity contribution in [2.45, 2.75) is 70.6 Å². The first-order valence-electron chi connectivity index (χ1n) is 15.9. The van der Waals surface area contributed by atoms with E-state index in [9.17, 15) is 40.7 Å². The van der Waals surface area contributed by atoms with Gasteiger partial charge < -0.3 is 29.0 Å². The number of aromatic nitrogens is 1. The van der Waals surface area contributed by atoms with E-state index in [1.807, 2.05) is 0 Å². The smallest absolute Gasteiger partial charge is 0.493 e. The van der Waals surface area contributed by atoms with Crippen LogP contribution in [0.4, 0.5) is 26.3 Å². The molecule has 51 heavy (non-hydrogen) atoms. The van der Waals surface area contributed by atoms with Crippen LogP contribution < -0.4 is 19.5 Å². The fraction of sp³-hybridized carbons (Fsp3) is 0.429. The zero-order chi connectivity index (χ0) is 37.3. The van der Waals surface area contributed by atoms with Crippen molar-refractivity contribution in [3.05, 3.63) is 83.2 Å². The summed E-state index contributed by atoms with van der Waals surface area (Å²) in [6, 6.07) is 10.3. The number of cyclic esters (lactones) is 1. The van der Waals surface area contributed by atoms with E-state index in [0.717, 1.165) is 12.1 Å². The van der Waals surface area contributed by atoms with E-state index >= 15 is 0 Å². The Morgan fingerprint density at radius 3 is 2.20 bits per heavy atom. The number of methoxy groups -OCH3 is 1. The van der Waals surface area contributed by atoms with Gasteiger partial charge in [-0.3, -0.25) is 9.59 Å². The summed E-state index contributed by atoms with van der Waals surface area (Å²) in [6.07, 6.45) is -7.36. The number of alkyl halides is 6. The predicted octanol–water partition coefficient (Wildman–Crippen LogP) is 6.84. The van der Waals surface area contributed by atoms with Gasteiger partial charge in [0, 0.05) is 25.1 Å². The van der Waals surface area contributed by atoms with Gasteiger partial charge in [-0.15, -0.1) is 13.2 Å². The molecule has 0 spiro atoms. The molecule has 1 fully saturated rings. The quantitative estimate of drug-likeness (QED) is 0.129. The first-order chi connectivity index (χ1) is 24.0. The first kappa shape index (κ1) is 38.8. The van der Waals surface area contributed by atoms with Crippen LogP contribution in [-0.2, 0) is 38.1 Å². The van der Waals surface area contributed by atoms with E-state index in [2.05, 4.69) is 15.0 Å². The van der Waals surface area contributed by atoms with Crippen molar-refractivity contribution >= 4 is 17.8 Å². The van der Waals surface area contributed by atoms with E-state index in [1.165, 1.54) is 62.7 Å². The Morgan fingerprint density at radius 2 is 1.59 bits per heavy atom. The number of esters is 2. The highest BCUT2D eigenvalue weighted by Crippen LogP contribution is 2.35. The maximum Gasteiger partial charge on any atom is 0.573 e. The van der Waals surface area contributed by atoms with Gasteiger partial charge in [-0.2, -0.15) is 13.2 Å². The lowest BCUT2D eigenvalue weighted by Gasteiger charge is -2.31. The molecular weight excluding hydrogens is 690 g/mol. The largest absolute Gasteiger partial charge is 0.573 e. The Kier molecular flexibility index (Phi) is 12.8. The monoisotopic (exact) mass is 726 g/mol. The molecule has 1 amide bonds. The van der Waals surface area contributed by atoms with Crippen LogP contribution in [0.15, 0.2) is 60.8 Å². The number of halogens is 6. The average molecular weight is 727 g/mol. The Bertz CT molecular complexity index is 1650. The summed E-state index contributed by atoms with van der Waals surface area (Å²) < 4.78 is 103. The average Bonchev–Trinajstić information content (AvgIpc) is 3.10. The van der Waals surface area contributed by atoms with Gasteiger partial charge in [0.05, 0.1) is 12.7 Å². The molecule has 0 bridgehead atoms. The van der Waals surface area contributed by atoms with Crippen LogP contribution in [0.1, 0.15) is 60.3 Å². The van der Waals surface area contributed by atoms with Crippen LogP contribution in [0.2, 0.25) is 0 Å². The van der Waals surface area contributed by atoms with Crippen LogP contribution in [0, 0.1) is 11.8 Å². The minimum absolute atomic E-state index is 0.111. The lowest BCUT2D eigenvalue weighted by Crippen LogP contribution is -2.43. The van der Waals surface area contributed by atoms with Gasteiger partial charge >= 0.3 is 24.5 Å². The number of benzene rings is 2. The van der Waals surface area contributed by atoms with Gasteiger partial charge in [0.2, 0.25) is 6.79 Å². The lowest BCUT2D eigenvalue weighted by molar-refractivity contribution is -0.274. The number of carbonyl (C=O) groups is 3. The van der Waals surface area contributed by atoms with Gasteiger partial charge in [0.15, 0.2) is 17.2 Å². The van der Waals surface area contributed by atoms with E-state index in [-0.39, 0.29) is 36.0 Å². The molecule has 1 N–H and O–H groups in total. The van der Waals surface area contributed by atoms with Crippen LogP contribution in [0.3, 0.4) is 0 Å². The molecule has 3 aromatic rings. The second-order valence-electron chi connectivity index (χ2n) is 11.9. The normalized spacial score (nSPS) is 19.8. The van der Waals surface area contributed by atoms with Crippen molar-refractivity contribution < 1.29 is 64.4 Å². The molecule has 0 saturated carbocycles. The molecule has 1 aromatic heterocycles. The third-order valence-electron chi connectivity index (χ3n) is 8.34. The Labute approximate surface area is 289 Å². The number of ether oxygens (including phenoxy) is 5. The lowest BCUT2D eigenvalue weighted by atomic mass is 9.77. The van der Waals surface area contributed by atoms with E-state index < -0.39 is 66.6 Å². The molecule has 1 aliphatic heterocycles. The molecule has 10 nitrogen and oxygen atoms in total. The van der Waals surface area contributed by atoms with Crippen molar-refractivity contribution in [2.75, 3.05) is 13.9 Å². The molecule has 2 aromatic carbocycles. The molecular formula is C35H36F6N2O8. The summed E-state index contributed by atoms with van der Waals surface area (Å²) in [4.78, 5) is 42.3. The molecule has 2 heterocycles. The maximum absolute atomic E-state index is 13.5. The Morgan fingerprint density at radius 1 is 0.941 bits per heavy atom. The van der Waals surface area contributed by atoms with Crippen molar-refractivity contribution in [1.82, 2.24) is 10.3 Å². The number of pyridine rings is 1. The fourth-order valence-electron chi connectivity index (χ4n) is 5.89. The summed E-state index contributed by atoms with van der Waals surface area (Å²) >= 11 is 0. The second-order valence-corrected chi connectivity index (χ2v) is 11.9. The molecule has 1 saturated heterocycles. The highest BCUT2D eigenvalue weighted by Gasteiger charge is 2.36. The third kappa shape index (κ3) is 11.2. The van der Waals surface area contributed by atoms with Crippen molar-refractivity contribution in [3.63, 3.8) is 0 Å². The summed E-state index contributed by atoms with van der Waals surface area (Å²) in [7, 11) is 1.33. The fourth-order valence-corrected chi connectivity index (χ4v) is 5.89. The number of hydrogen-bond acceptors (Lipinski definition) is 9. The Hall–Kier alpha value is -5.02. The van der Waals surface area contributed by atoms with Crippen molar-refractivity contribution in [2.24, 2.45) is 11.8 Å². The molecule has 4 unspecified atom stereocenters. The minimum atomic E-state index is -4.87. The molecule has 0 aliphatic carbocycles. The summed E-state index contributed by atoms with van der Waals surface area (Å²) in [5.41, 5.74) is 0.173. The zero-order valence-electron chi connectivity index (χ0n) is 27.8. The SMILES string of the molecule is COc1ccnc(C(=O)NC2CCCC(Cc3ccc(C(F)(F)F)cc3)C(Cc3ccc(OC(F)(F)F)cc3)C(C)OC2=O)c1OCOC(C)=O. The first-order valence-corrected chi connectivity index (χ1v) is 15.9. The molecule has 0 radical (unpaired) electrons. The van der Waals surface area contributed by atoms with E-state index in [4.69, 9.17) is 18.9 Å². The molecule has 1 aliphatic rings. The molecule has 4 rings (SSSR count). The summed E-state index contributed by atoms with van der Waals surface area (Å²) in [5, 5.41) is 2.63. The zero-order valence-corrected chi connectivity index (χ0v) is 27.8. The van der Waals surface area contributed by atoms with Crippen LogP contribution >= 0.6 is 0 Å². The van der Waals surface area contributed by atoms with Gasteiger partial charge in [-0.05, 0) is 73.9 Å². The van der Waals surface area contributed by atoms with Crippen LogP contribution in [0.5, 0.6) is 17.2 Å². The van der Waals surface area contributed by atoms with Gasteiger partial charge in [-0.25, -0.2) is 9.78 Å². The number of carbonyl (C=O) groups excluding carboxylic acids is 3. The number of nitrogens with zero attached hydrogens (tertiary/aromatic N) is 1. The maximum atomic E-state index is 13.5. The second kappa shape index (κ2) is 16.8. The predicted molar refractivity (Wildman–Crippen MR) is 168 cm³/mol. The highest BCUT2D eigenvalue weighted by molar-refractivity contribution is 5.98. The molecule has 276 valence electrons. The summed E-state index contributed by atoms with van der Waals surface area (Å²) in [6.45, 7) is 2.28. The van der Waals surface area contributed by atoms with Crippen LogP contribution in [-0.4, -0.2) is 55.2 Å². The van der Waals surface area contributed by atoms with Crippen LogP contribution in [0.25, 0.3) is 0 Å². The standard InChI is InChI=1S/C35H36F6N2O8/c1-20-27(18-23-9-13-26(14-10-23)51-35(39,40)41)24(17-22-7-11-25(12-8-22)34(36,37)38)5-4-6-28(33(46)50-20)43-32(45)30-31(49-19-48-21(2)44)29(47-3)15-16-42-30/h7-16,20,24,27-28H,4-6,17-19H2,1-3H3,(H,43,45). The highest BCUT2D eigenvalue weighted by atomic mass is 19.4.